The smallest absolute Gasteiger partial charge is 0.167 e. The average molecular weight is 225 g/mol. The van der Waals surface area contributed by atoms with E-state index in [-0.39, 0.29) is 4.99 Å². The molecular weight excluding hydrogens is 218 g/mol. The van der Waals surface area contributed by atoms with E-state index in [1.807, 2.05) is 10.8 Å². The van der Waals surface area contributed by atoms with Crippen LogP contribution in [0, 0.1) is 0 Å². The minimum absolute atomic E-state index is 0.290. The van der Waals surface area contributed by atoms with Crippen molar-refractivity contribution in [3.8, 4) is 0 Å². The van der Waals surface area contributed by atoms with Gasteiger partial charge in [0.2, 0.25) is 0 Å². The van der Waals surface area contributed by atoms with Crippen LogP contribution in [0.1, 0.15) is 11.5 Å². The van der Waals surface area contributed by atoms with Crippen molar-refractivity contribution in [2.75, 3.05) is 0 Å². The maximum absolute atomic E-state index is 5.50. The maximum Gasteiger partial charge on any atom is 0.167 e. The first-order valence-electron chi connectivity index (χ1n) is 3.85. The molecule has 0 aromatic carbocycles. The number of imidazole rings is 1. The first-order valence-corrected chi connectivity index (χ1v) is 4.98. The lowest BCUT2D eigenvalue weighted by atomic mass is 10.4. The summed E-state index contributed by atoms with van der Waals surface area (Å²) in [5, 5.41) is 0. The van der Waals surface area contributed by atoms with Crippen LogP contribution in [-0.2, 0) is 6.54 Å². The van der Waals surface area contributed by atoms with Gasteiger partial charge in [-0.15, -0.1) is 0 Å². The molecule has 14 heavy (non-hydrogen) atoms. The summed E-state index contributed by atoms with van der Waals surface area (Å²) in [5.41, 5.74) is 6.38. The molecule has 0 radical (unpaired) electrons. The van der Waals surface area contributed by atoms with E-state index >= 15 is 0 Å². The number of aromatic nitrogens is 4. The Bertz CT molecular complexity index is 433. The number of hydrogen-bond donors (Lipinski definition) is 1. The van der Waals surface area contributed by atoms with E-state index in [0.717, 1.165) is 5.69 Å². The number of nitrogens with two attached hydrogens (primary N) is 1. The Morgan fingerprint density at radius 2 is 2.50 bits per heavy atom. The van der Waals surface area contributed by atoms with Crippen LogP contribution < -0.4 is 5.73 Å². The van der Waals surface area contributed by atoms with Crippen molar-refractivity contribution in [1.82, 2.24) is 18.3 Å². The van der Waals surface area contributed by atoms with Crippen LogP contribution in [0.4, 0.5) is 0 Å². The van der Waals surface area contributed by atoms with Crippen molar-refractivity contribution in [1.29, 1.82) is 0 Å². The molecule has 0 atom stereocenters. The number of nitrogens with zero attached hydrogens (tertiary/aromatic N) is 4. The molecule has 0 spiro atoms. The van der Waals surface area contributed by atoms with Gasteiger partial charge in [-0.1, -0.05) is 12.2 Å². The van der Waals surface area contributed by atoms with E-state index in [1.165, 1.54) is 11.7 Å². The van der Waals surface area contributed by atoms with E-state index in [2.05, 4.69) is 13.7 Å². The molecule has 0 saturated carbocycles. The van der Waals surface area contributed by atoms with Crippen LogP contribution >= 0.6 is 23.9 Å². The van der Waals surface area contributed by atoms with Crippen LogP contribution in [0.3, 0.4) is 0 Å². The van der Waals surface area contributed by atoms with Crippen LogP contribution in [0.25, 0.3) is 0 Å². The molecule has 0 aliphatic rings. The third-order valence-electron chi connectivity index (χ3n) is 1.68. The molecule has 0 amide bonds. The summed E-state index contributed by atoms with van der Waals surface area (Å²) >= 11 is 6.04. The van der Waals surface area contributed by atoms with E-state index in [9.17, 15) is 0 Å². The van der Waals surface area contributed by atoms with Gasteiger partial charge >= 0.3 is 0 Å². The van der Waals surface area contributed by atoms with Gasteiger partial charge in [0.25, 0.3) is 0 Å². The van der Waals surface area contributed by atoms with Crippen LogP contribution in [0.2, 0.25) is 0 Å². The second kappa shape index (κ2) is 3.81. The van der Waals surface area contributed by atoms with Crippen molar-refractivity contribution in [3.05, 3.63) is 30.1 Å². The van der Waals surface area contributed by atoms with Gasteiger partial charge in [-0.05, 0) is 0 Å². The topological polar surface area (TPSA) is 69.6 Å². The molecule has 0 bridgehead atoms. The van der Waals surface area contributed by atoms with Crippen molar-refractivity contribution in [2.45, 2.75) is 6.54 Å². The van der Waals surface area contributed by atoms with Crippen LogP contribution in [0.5, 0.6) is 0 Å². The van der Waals surface area contributed by atoms with Gasteiger partial charge in [0.1, 0.15) is 4.99 Å². The highest BCUT2D eigenvalue weighted by Gasteiger charge is 2.06. The zero-order chi connectivity index (χ0) is 9.97. The first kappa shape index (κ1) is 9.22. The molecule has 5 nitrogen and oxygen atoms in total. The van der Waals surface area contributed by atoms with E-state index in [1.54, 1.807) is 12.4 Å². The summed E-state index contributed by atoms with van der Waals surface area (Å²) in [6.07, 6.45) is 5.19. The maximum atomic E-state index is 5.50. The summed E-state index contributed by atoms with van der Waals surface area (Å²) in [5.74, 6) is 0.605. The van der Waals surface area contributed by atoms with Gasteiger partial charge < -0.3 is 10.3 Å². The monoisotopic (exact) mass is 225 g/mol. The molecule has 72 valence electrons. The van der Waals surface area contributed by atoms with Gasteiger partial charge in [-0.25, -0.2) is 4.98 Å². The zero-order valence-corrected chi connectivity index (χ0v) is 8.75. The van der Waals surface area contributed by atoms with Gasteiger partial charge in [0.15, 0.2) is 5.82 Å². The number of thiocarbonyl (C=S) groups is 1. The van der Waals surface area contributed by atoms with Crippen molar-refractivity contribution in [3.63, 3.8) is 0 Å². The molecule has 2 rings (SSSR count). The highest BCUT2D eigenvalue weighted by Crippen LogP contribution is 2.03. The molecule has 2 aromatic heterocycles. The largest absolute Gasteiger partial charge is 0.387 e. The Balaban J connectivity index is 2.25. The molecule has 2 N–H and O–H groups in total. The quantitative estimate of drug-likeness (QED) is 0.766. The normalized spacial score (nSPS) is 10.3. The highest BCUT2D eigenvalue weighted by molar-refractivity contribution is 7.80. The van der Waals surface area contributed by atoms with Crippen LogP contribution in [-0.4, -0.2) is 23.3 Å². The molecule has 2 heterocycles. The molecule has 0 aliphatic carbocycles. The minimum Gasteiger partial charge on any atom is -0.387 e. The minimum atomic E-state index is 0.290. The lowest BCUT2D eigenvalue weighted by Crippen LogP contribution is -2.17. The Morgan fingerprint density at radius 3 is 3.14 bits per heavy atom. The molecule has 0 saturated heterocycles. The third-order valence-corrected chi connectivity index (χ3v) is 2.37. The Hall–Kier alpha value is -1.34. The van der Waals surface area contributed by atoms with Gasteiger partial charge in [-0.3, -0.25) is 0 Å². The Kier molecular flexibility index (Phi) is 2.51. The lowest BCUT2D eigenvalue weighted by Gasteiger charge is -2.02. The van der Waals surface area contributed by atoms with Crippen molar-refractivity contribution < 1.29 is 0 Å². The van der Waals surface area contributed by atoms with E-state index in [4.69, 9.17) is 18.0 Å². The summed E-state index contributed by atoms with van der Waals surface area (Å²) < 4.78 is 9.85. The highest BCUT2D eigenvalue weighted by atomic mass is 32.1. The molecule has 0 aliphatic heterocycles. The first-order chi connectivity index (χ1) is 6.77. The van der Waals surface area contributed by atoms with Gasteiger partial charge in [-0.2, -0.15) is 8.75 Å². The second-order valence-electron chi connectivity index (χ2n) is 2.64. The fourth-order valence-corrected chi connectivity index (χ4v) is 1.69. The molecular formula is C7H7N5S2. The van der Waals surface area contributed by atoms with Gasteiger partial charge in [0.05, 0.1) is 30.2 Å². The van der Waals surface area contributed by atoms with E-state index in [0.29, 0.717) is 12.4 Å². The zero-order valence-electron chi connectivity index (χ0n) is 7.12. The van der Waals surface area contributed by atoms with Crippen molar-refractivity contribution >= 4 is 28.9 Å². The van der Waals surface area contributed by atoms with Crippen molar-refractivity contribution in [2.24, 2.45) is 5.73 Å². The summed E-state index contributed by atoms with van der Waals surface area (Å²) in [6.45, 7) is 0.600. The van der Waals surface area contributed by atoms with E-state index < -0.39 is 0 Å². The SMILES string of the molecule is NC(=S)c1nccn1Cc1cnsn1. The molecule has 7 heteroatoms. The predicted molar refractivity (Wildman–Crippen MR) is 57.1 cm³/mol. The Labute approximate surface area is 89.9 Å². The third kappa shape index (κ3) is 1.78. The summed E-state index contributed by atoms with van der Waals surface area (Å²) in [7, 11) is 0. The average Bonchev–Trinajstić information content (AvgIpc) is 2.75. The van der Waals surface area contributed by atoms with Crippen LogP contribution in [0.15, 0.2) is 18.6 Å². The number of rotatable bonds is 3. The lowest BCUT2D eigenvalue weighted by molar-refractivity contribution is 0.773. The molecule has 2 aromatic rings. The number of hydrogen-bond acceptors (Lipinski definition) is 5. The van der Waals surface area contributed by atoms with Gasteiger partial charge in [0, 0.05) is 12.4 Å². The standard InChI is InChI=1S/C7H7N5S2/c8-6(13)7-9-1-2-12(7)4-5-3-10-14-11-5/h1-3H,4H2,(H2,8,13). The second-order valence-corrected chi connectivity index (χ2v) is 3.64. The summed E-state index contributed by atoms with van der Waals surface area (Å²) in [4.78, 5) is 4.34. The summed E-state index contributed by atoms with van der Waals surface area (Å²) in [6, 6.07) is 0. The molecule has 0 unspecified atom stereocenters. The fourth-order valence-electron chi connectivity index (χ4n) is 1.09. The molecule has 0 fully saturated rings. The Morgan fingerprint density at radius 1 is 1.64 bits per heavy atom. The fraction of sp³-hybridized carbons (Fsp3) is 0.143. The predicted octanol–water partition coefficient (Wildman–Crippen LogP) is 0.417.